The number of phosphoric acid groups is 2. The second-order valence-corrected chi connectivity index (χ2v) is 36.0. The first-order chi connectivity index (χ1) is 52.9. The number of esters is 4. The predicted molar refractivity (Wildman–Crippen MR) is 451 cm³/mol. The molecule has 0 fully saturated rings. The molecule has 3 N–H and O–H groups in total. The Bertz CT molecular complexity index is 2080. The summed E-state index contributed by atoms with van der Waals surface area (Å²) in [7, 11) is -9.94. The maximum Gasteiger partial charge on any atom is 0.472 e. The van der Waals surface area contributed by atoms with Crippen molar-refractivity contribution in [2.24, 2.45) is 11.8 Å². The molecule has 0 saturated carbocycles. The third-order valence-corrected chi connectivity index (χ3v) is 23.5. The molecule has 0 aliphatic carbocycles. The molecule has 0 aliphatic heterocycles. The first-order valence-corrected chi connectivity index (χ1v) is 49.5. The quantitative estimate of drug-likeness (QED) is 0.0222. The Morgan fingerprint density at radius 2 is 0.468 bits per heavy atom. The number of hydrogen-bond donors (Lipinski definition) is 3. The average Bonchev–Trinajstić information content (AvgIpc) is 0.899. The lowest BCUT2D eigenvalue weighted by molar-refractivity contribution is -0.161. The molecule has 109 heavy (non-hydrogen) atoms. The normalized spacial score (nSPS) is 14.0. The molecule has 0 aliphatic rings. The first kappa shape index (κ1) is 107. The Labute approximate surface area is 670 Å². The van der Waals surface area contributed by atoms with Gasteiger partial charge in [0.2, 0.25) is 0 Å². The van der Waals surface area contributed by atoms with Crippen LogP contribution >= 0.6 is 15.6 Å². The van der Waals surface area contributed by atoms with Gasteiger partial charge in [0.05, 0.1) is 26.4 Å². The minimum absolute atomic E-state index is 0.108. The van der Waals surface area contributed by atoms with E-state index in [1.807, 2.05) is 0 Å². The van der Waals surface area contributed by atoms with E-state index in [0.717, 1.165) is 102 Å². The minimum Gasteiger partial charge on any atom is -0.462 e. The zero-order valence-corrected chi connectivity index (χ0v) is 73.7. The van der Waals surface area contributed by atoms with Crippen LogP contribution in [0.2, 0.25) is 0 Å². The van der Waals surface area contributed by atoms with Crippen LogP contribution in [0.15, 0.2) is 0 Å². The lowest BCUT2D eigenvalue weighted by Crippen LogP contribution is -2.30. The standard InChI is InChI=1S/C90H176O17P2/c1-7-10-12-14-16-18-20-22-24-26-28-30-32-34-39-43-49-56-62-68-74-89(94)106-85(78-100-87(92)72-66-60-54-48-42-38-33-31-29-27-25-23-21-19-17-15-13-11-8-2)80-104-108(96,97)102-76-84(91)77-103-109(98,99)105-81-86(79-101-88(93)73-67-61-55-51-45-46-52-58-64-70-82(4)5)107-90(95)75-69-63-57-50-44-40-36-35-37-41-47-53-59-65-71-83(6)9-3/h82-86,91H,7-81H2,1-6H3,(H,96,97)(H,98,99)/t83?,84-,85-,86-/m1/s1. The van der Waals surface area contributed by atoms with E-state index < -0.39 is 97.5 Å². The number of aliphatic hydroxyl groups is 1. The van der Waals surface area contributed by atoms with Crippen LogP contribution in [-0.4, -0.2) is 96.7 Å². The summed E-state index contributed by atoms with van der Waals surface area (Å²) in [4.78, 5) is 73.4. The van der Waals surface area contributed by atoms with E-state index in [1.54, 1.807) is 0 Å². The van der Waals surface area contributed by atoms with Gasteiger partial charge in [-0.25, -0.2) is 9.13 Å². The fourth-order valence-corrected chi connectivity index (χ4v) is 15.7. The highest BCUT2D eigenvalue weighted by atomic mass is 31.2. The smallest absolute Gasteiger partial charge is 0.462 e. The number of hydrogen-bond acceptors (Lipinski definition) is 15. The van der Waals surface area contributed by atoms with Gasteiger partial charge in [-0.05, 0) is 37.5 Å². The third-order valence-electron chi connectivity index (χ3n) is 21.6. The van der Waals surface area contributed by atoms with Gasteiger partial charge in [0.15, 0.2) is 12.2 Å². The molecule has 0 aromatic carbocycles. The maximum atomic E-state index is 13.2. The van der Waals surface area contributed by atoms with Gasteiger partial charge in [0.25, 0.3) is 0 Å². The number of carbonyl (C=O) groups excluding carboxylic acids is 4. The predicted octanol–water partition coefficient (Wildman–Crippen LogP) is 27.8. The Morgan fingerprint density at radius 1 is 0.266 bits per heavy atom. The summed E-state index contributed by atoms with van der Waals surface area (Å²) < 4.78 is 69.1. The van der Waals surface area contributed by atoms with Gasteiger partial charge >= 0.3 is 39.5 Å². The molecular formula is C90H176O17P2. The Hall–Kier alpha value is -1.94. The van der Waals surface area contributed by atoms with E-state index in [9.17, 15) is 43.2 Å². The minimum atomic E-state index is -4.97. The summed E-state index contributed by atoms with van der Waals surface area (Å²) >= 11 is 0. The van der Waals surface area contributed by atoms with Crippen molar-refractivity contribution in [3.05, 3.63) is 0 Å². The van der Waals surface area contributed by atoms with Crippen LogP contribution in [0.1, 0.15) is 485 Å². The van der Waals surface area contributed by atoms with Crippen LogP contribution in [-0.2, 0) is 65.4 Å². The summed E-state index contributed by atoms with van der Waals surface area (Å²) in [6.45, 7) is 9.73. The second-order valence-electron chi connectivity index (χ2n) is 33.1. The van der Waals surface area contributed by atoms with Crippen LogP contribution in [0.5, 0.6) is 0 Å². The van der Waals surface area contributed by atoms with Crippen LogP contribution in [0.25, 0.3) is 0 Å². The maximum absolute atomic E-state index is 13.2. The molecule has 19 heteroatoms. The molecule has 0 aromatic heterocycles. The van der Waals surface area contributed by atoms with Crippen molar-refractivity contribution >= 4 is 39.5 Å². The average molecular weight is 1590 g/mol. The van der Waals surface area contributed by atoms with E-state index in [0.29, 0.717) is 25.7 Å². The van der Waals surface area contributed by atoms with Crippen LogP contribution in [0.4, 0.5) is 0 Å². The van der Waals surface area contributed by atoms with Crippen molar-refractivity contribution in [1.29, 1.82) is 0 Å². The van der Waals surface area contributed by atoms with Crippen molar-refractivity contribution in [2.75, 3.05) is 39.6 Å². The molecule has 0 amide bonds. The van der Waals surface area contributed by atoms with E-state index in [-0.39, 0.29) is 25.7 Å². The molecule has 0 radical (unpaired) electrons. The fraction of sp³-hybridized carbons (Fsp3) is 0.956. The van der Waals surface area contributed by atoms with Crippen molar-refractivity contribution in [1.82, 2.24) is 0 Å². The monoisotopic (exact) mass is 1590 g/mol. The Kier molecular flexibility index (Phi) is 79.8. The molecule has 648 valence electrons. The number of unbranched alkanes of at least 4 members (excludes halogenated alkanes) is 58. The lowest BCUT2D eigenvalue weighted by Gasteiger charge is -2.21. The van der Waals surface area contributed by atoms with Crippen molar-refractivity contribution in [3.8, 4) is 0 Å². The zero-order valence-electron chi connectivity index (χ0n) is 71.9. The number of phosphoric ester groups is 2. The summed E-state index contributed by atoms with van der Waals surface area (Å²) in [6.07, 6.45) is 75.0. The molecule has 3 unspecified atom stereocenters. The zero-order chi connectivity index (χ0) is 79.9. The topological polar surface area (TPSA) is 237 Å². The summed E-state index contributed by atoms with van der Waals surface area (Å²) in [5.41, 5.74) is 0. The number of aliphatic hydroxyl groups excluding tert-OH is 1. The van der Waals surface area contributed by atoms with Crippen LogP contribution < -0.4 is 0 Å². The van der Waals surface area contributed by atoms with Gasteiger partial charge in [0, 0.05) is 25.7 Å². The summed E-state index contributed by atoms with van der Waals surface area (Å²) in [5.74, 6) is -0.507. The second kappa shape index (κ2) is 81.2. The van der Waals surface area contributed by atoms with E-state index >= 15 is 0 Å². The van der Waals surface area contributed by atoms with Gasteiger partial charge in [-0.3, -0.25) is 37.3 Å². The molecule has 0 rings (SSSR count). The highest BCUT2D eigenvalue weighted by molar-refractivity contribution is 7.47. The van der Waals surface area contributed by atoms with E-state index in [1.165, 1.54) is 302 Å². The van der Waals surface area contributed by atoms with E-state index in [2.05, 4.69) is 41.5 Å². The summed E-state index contributed by atoms with van der Waals surface area (Å²) in [6, 6.07) is 0. The van der Waals surface area contributed by atoms with Crippen LogP contribution in [0, 0.1) is 11.8 Å². The molecule has 6 atom stereocenters. The Morgan fingerprint density at radius 3 is 0.697 bits per heavy atom. The number of carbonyl (C=O) groups is 4. The van der Waals surface area contributed by atoms with Crippen LogP contribution in [0.3, 0.4) is 0 Å². The van der Waals surface area contributed by atoms with Crippen molar-refractivity contribution in [3.63, 3.8) is 0 Å². The van der Waals surface area contributed by atoms with Crippen molar-refractivity contribution in [2.45, 2.75) is 503 Å². The third kappa shape index (κ3) is 82.4. The molecule has 17 nitrogen and oxygen atoms in total. The number of rotatable bonds is 89. The lowest BCUT2D eigenvalue weighted by atomic mass is 9.99. The van der Waals surface area contributed by atoms with Gasteiger partial charge in [-0.1, -0.05) is 433 Å². The molecule has 0 spiro atoms. The highest BCUT2D eigenvalue weighted by Gasteiger charge is 2.31. The highest BCUT2D eigenvalue weighted by Crippen LogP contribution is 2.45. The number of ether oxygens (including phenoxy) is 4. The molecule has 0 bridgehead atoms. The van der Waals surface area contributed by atoms with Gasteiger partial charge < -0.3 is 33.8 Å². The largest absolute Gasteiger partial charge is 0.472 e. The first-order valence-electron chi connectivity index (χ1n) is 46.5. The Balaban J connectivity index is 5.25. The van der Waals surface area contributed by atoms with E-state index in [4.69, 9.17) is 37.0 Å². The SMILES string of the molecule is CCCCCCCCCCCCCCCCCCCCCCC(=O)O[C@H](COC(=O)CCCCCCCCCCCCCCCCCCCCC)COP(=O)(O)OC[C@@H](O)COP(=O)(O)OC[C@@H](COC(=O)CCCCCCCCCCCC(C)C)OC(=O)CCCCCCCCCCCCCCCCC(C)CC. The van der Waals surface area contributed by atoms with Gasteiger partial charge in [-0.2, -0.15) is 0 Å². The molecular weight excluding hydrogens is 1410 g/mol. The molecule has 0 saturated heterocycles. The fourth-order valence-electron chi connectivity index (χ4n) is 14.1. The molecule has 0 heterocycles. The van der Waals surface area contributed by atoms with Crippen molar-refractivity contribution < 1.29 is 80.2 Å². The van der Waals surface area contributed by atoms with Gasteiger partial charge in [-0.15, -0.1) is 0 Å². The van der Waals surface area contributed by atoms with Gasteiger partial charge in [0.1, 0.15) is 19.3 Å². The summed E-state index contributed by atoms with van der Waals surface area (Å²) in [5, 5.41) is 10.7. The molecule has 0 aromatic rings.